The van der Waals surface area contributed by atoms with E-state index in [4.69, 9.17) is 15.9 Å². The van der Waals surface area contributed by atoms with Crippen LogP contribution in [0.2, 0.25) is 0 Å². The first kappa shape index (κ1) is 16.4. The lowest BCUT2D eigenvalue weighted by Gasteiger charge is -2.38. The number of ether oxygens (including phenoxy) is 1. The summed E-state index contributed by atoms with van der Waals surface area (Å²) in [6.45, 7) is 2.61. The predicted molar refractivity (Wildman–Crippen MR) is 74.2 cm³/mol. The summed E-state index contributed by atoms with van der Waals surface area (Å²) in [6.07, 6.45) is 2.85. The fraction of sp³-hybridized carbons (Fsp3) is 0.909. The standard InChI is InChI=1S/C11H24N4O3S/c1-9-3-5-11(6-4-9,10(12)13)15-19(16,17)14-7-8-18-2/h9,14-15H,3-8H2,1-2H3,(H3,12,13). The van der Waals surface area contributed by atoms with Crippen molar-refractivity contribution in [1.29, 1.82) is 5.41 Å². The molecule has 0 heterocycles. The van der Waals surface area contributed by atoms with Crippen LogP contribution in [0.5, 0.6) is 0 Å². The molecule has 0 spiro atoms. The second kappa shape index (κ2) is 6.65. The van der Waals surface area contributed by atoms with Crippen molar-refractivity contribution < 1.29 is 13.2 Å². The van der Waals surface area contributed by atoms with Crippen molar-refractivity contribution >= 4 is 16.0 Å². The molecule has 0 atom stereocenters. The summed E-state index contributed by atoms with van der Waals surface area (Å²) in [4.78, 5) is 0. The Morgan fingerprint density at radius 1 is 1.47 bits per heavy atom. The van der Waals surface area contributed by atoms with Gasteiger partial charge in [-0.05, 0) is 31.6 Å². The largest absolute Gasteiger partial charge is 0.386 e. The van der Waals surface area contributed by atoms with E-state index in [1.807, 2.05) is 0 Å². The van der Waals surface area contributed by atoms with Crippen molar-refractivity contribution in [1.82, 2.24) is 9.44 Å². The van der Waals surface area contributed by atoms with Gasteiger partial charge in [-0.2, -0.15) is 17.9 Å². The topological polar surface area (TPSA) is 117 Å². The number of hydrogen-bond acceptors (Lipinski definition) is 4. The first-order chi connectivity index (χ1) is 8.81. The number of amidine groups is 1. The first-order valence-corrected chi connectivity index (χ1v) is 7.91. The number of hydrogen-bond donors (Lipinski definition) is 4. The van der Waals surface area contributed by atoms with Gasteiger partial charge in [-0.1, -0.05) is 6.92 Å². The number of nitrogens with one attached hydrogen (secondary N) is 3. The maximum absolute atomic E-state index is 11.9. The van der Waals surface area contributed by atoms with Gasteiger partial charge in [0.05, 0.1) is 12.1 Å². The Hall–Kier alpha value is -0.700. The molecule has 0 aliphatic heterocycles. The van der Waals surface area contributed by atoms with Crippen LogP contribution in [0.4, 0.5) is 0 Å². The molecule has 0 aromatic carbocycles. The van der Waals surface area contributed by atoms with Gasteiger partial charge < -0.3 is 10.5 Å². The highest BCUT2D eigenvalue weighted by atomic mass is 32.2. The van der Waals surface area contributed by atoms with Crippen LogP contribution in [-0.2, 0) is 14.9 Å². The minimum Gasteiger partial charge on any atom is -0.386 e. The molecule has 0 radical (unpaired) electrons. The van der Waals surface area contributed by atoms with Crippen molar-refractivity contribution in [2.24, 2.45) is 11.7 Å². The Morgan fingerprint density at radius 3 is 2.53 bits per heavy atom. The van der Waals surface area contributed by atoms with Crippen LogP contribution in [-0.4, -0.2) is 40.1 Å². The van der Waals surface area contributed by atoms with Gasteiger partial charge in [0.2, 0.25) is 0 Å². The van der Waals surface area contributed by atoms with Gasteiger partial charge in [0.15, 0.2) is 0 Å². The smallest absolute Gasteiger partial charge is 0.277 e. The Balaban J connectivity index is 2.71. The zero-order valence-corrected chi connectivity index (χ0v) is 12.3. The molecule has 0 amide bonds. The summed E-state index contributed by atoms with van der Waals surface area (Å²) >= 11 is 0. The maximum atomic E-state index is 11.9. The number of rotatable bonds is 7. The van der Waals surface area contributed by atoms with E-state index < -0.39 is 15.7 Å². The lowest BCUT2D eigenvalue weighted by atomic mass is 9.77. The summed E-state index contributed by atoms with van der Waals surface area (Å²) < 4.78 is 33.6. The zero-order chi connectivity index (χ0) is 14.5. The summed E-state index contributed by atoms with van der Waals surface area (Å²) in [6, 6.07) is 0. The van der Waals surface area contributed by atoms with Crippen LogP contribution in [0.3, 0.4) is 0 Å². The first-order valence-electron chi connectivity index (χ1n) is 6.43. The SMILES string of the molecule is COCCNS(=O)(=O)NC1(C(=N)N)CCC(C)CC1. The molecule has 0 aromatic rings. The van der Waals surface area contributed by atoms with Gasteiger partial charge in [0.1, 0.15) is 5.84 Å². The molecule has 1 aliphatic rings. The highest BCUT2D eigenvalue weighted by Crippen LogP contribution is 2.32. The van der Waals surface area contributed by atoms with E-state index in [-0.39, 0.29) is 12.4 Å². The Kier molecular flexibility index (Phi) is 5.72. The van der Waals surface area contributed by atoms with E-state index in [9.17, 15) is 8.42 Å². The van der Waals surface area contributed by atoms with Crippen LogP contribution in [0.15, 0.2) is 0 Å². The number of methoxy groups -OCH3 is 1. The van der Waals surface area contributed by atoms with Crippen molar-refractivity contribution in [2.45, 2.75) is 38.1 Å². The Morgan fingerprint density at radius 2 is 2.05 bits per heavy atom. The highest BCUT2D eigenvalue weighted by molar-refractivity contribution is 7.87. The highest BCUT2D eigenvalue weighted by Gasteiger charge is 2.40. The summed E-state index contributed by atoms with van der Waals surface area (Å²) in [7, 11) is -2.17. The van der Waals surface area contributed by atoms with Crippen LogP contribution in [0.25, 0.3) is 0 Å². The van der Waals surface area contributed by atoms with Crippen molar-refractivity contribution in [3.63, 3.8) is 0 Å². The number of nitrogens with two attached hydrogens (primary N) is 1. The fourth-order valence-corrected chi connectivity index (χ4v) is 3.51. The quantitative estimate of drug-likeness (QED) is 0.299. The second-order valence-corrected chi connectivity index (χ2v) is 6.67. The predicted octanol–water partition coefficient (Wildman–Crippen LogP) is -0.0583. The third-order valence-electron chi connectivity index (χ3n) is 3.57. The molecule has 19 heavy (non-hydrogen) atoms. The Labute approximate surface area is 115 Å². The van der Waals surface area contributed by atoms with Gasteiger partial charge in [-0.3, -0.25) is 5.41 Å². The molecule has 112 valence electrons. The van der Waals surface area contributed by atoms with E-state index in [0.29, 0.717) is 25.4 Å². The van der Waals surface area contributed by atoms with Crippen LogP contribution in [0.1, 0.15) is 32.6 Å². The lowest BCUT2D eigenvalue weighted by molar-refractivity contribution is 0.204. The Bertz CT molecular complexity index is 402. The molecule has 7 nitrogen and oxygen atoms in total. The summed E-state index contributed by atoms with van der Waals surface area (Å²) in [5.41, 5.74) is 4.67. The maximum Gasteiger partial charge on any atom is 0.277 e. The fourth-order valence-electron chi connectivity index (χ4n) is 2.25. The monoisotopic (exact) mass is 292 g/mol. The van der Waals surface area contributed by atoms with E-state index in [0.717, 1.165) is 12.8 Å². The van der Waals surface area contributed by atoms with E-state index in [1.54, 1.807) is 0 Å². The summed E-state index contributed by atoms with van der Waals surface area (Å²) in [5.74, 6) is 0.426. The molecule has 1 saturated carbocycles. The second-order valence-electron chi connectivity index (χ2n) is 5.17. The van der Waals surface area contributed by atoms with Gasteiger partial charge in [-0.15, -0.1) is 0 Å². The average molecular weight is 292 g/mol. The minimum absolute atomic E-state index is 0.114. The van der Waals surface area contributed by atoms with Crippen LogP contribution < -0.4 is 15.2 Å². The van der Waals surface area contributed by atoms with Crippen LogP contribution in [0, 0.1) is 11.3 Å². The molecule has 1 rings (SSSR count). The molecule has 0 aromatic heterocycles. The van der Waals surface area contributed by atoms with Crippen molar-refractivity contribution in [2.75, 3.05) is 20.3 Å². The van der Waals surface area contributed by atoms with Gasteiger partial charge in [0, 0.05) is 13.7 Å². The van der Waals surface area contributed by atoms with Crippen molar-refractivity contribution in [3.8, 4) is 0 Å². The van der Waals surface area contributed by atoms with E-state index >= 15 is 0 Å². The lowest BCUT2D eigenvalue weighted by Crippen LogP contribution is -2.60. The van der Waals surface area contributed by atoms with E-state index in [1.165, 1.54) is 7.11 Å². The van der Waals surface area contributed by atoms with Gasteiger partial charge in [0.25, 0.3) is 10.2 Å². The molecule has 1 aliphatic carbocycles. The summed E-state index contributed by atoms with van der Waals surface area (Å²) in [5, 5.41) is 7.69. The van der Waals surface area contributed by atoms with E-state index in [2.05, 4.69) is 16.4 Å². The third-order valence-corrected chi connectivity index (χ3v) is 4.82. The molecule has 0 bridgehead atoms. The molecule has 0 saturated heterocycles. The molecule has 1 fully saturated rings. The average Bonchev–Trinajstić information content (AvgIpc) is 2.32. The molecular weight excluding hydrogens is 268 g/mol. The normalized spacial score (nSPS) is 28.2. The van der Waals surface area contributed by atoms with Gasteiger partial charge >= 0.3 is 0 Å². The van der Waals surface area contributed by atoms with Crippen molar-refractivity contribution in [3.05, 3.63) is 0 Å². The zero-order valence-electron chi connectivity index (χ0n) is 11.5. The molecule has 0 unspecified atom stereocenters. The molecular formula is C11H24N4O3S. The minimum atomic E-state index is -3.68. The molecule has 8 heteroatoms. The molecule has 5 N–H and O–H groups in total. The van der Waals surface area contributed by atoms with Crippen LogP contribution >= 0.6 is 0 Å². The van der Waals surface area contributed by atoms with Gasteiger partial charge in [-0.25, -0.2) is 0 Å². The third kappa shape index (κ3) is 4.72.